The van der Waals surface area contributed by atoms with Gasteiger partial charge >= 0.3 is 0 Å². The van der Waals surface area contributed by atoms with E-state index in [1.807, 2.05) is 0 Å². The number of amides is 2. The van der Waals surface area contributed by atoms with Gasteiger partial charge in [0.15, 0.2) is 0 Å². The van der Waals surface area contributed by atoms with Gasteiger partial charge in [-0.3, -0.25) is 14.6 Å². The standard InChI is InChI=1S/C13H18N4O2.ClH/c1-13(2)12(19)15-5-6-17(13)11(18)7-10-4-3-9(14)8-16-10;/h3-4,8H,5-7,14H2,1-2H3,(H,15,19);1H. The first-order valence-electron chi connectivity index (χ1n) is 6.20. The van der Waals surface area contributed by atoms with Crippen LogP contribution in [-0.4, -0.2) is 40.3 Å². The number of nitrogens with two attached hydrogens (primary N) is 1. The summed E-state index contributed by atoms with van der Waals surface area (Å²) in [5.74, 6) is -0.227. The van der Waals surface area contributed by atoms with Gasteiger partial charge < -0.3 is 16.0 Å². The molecule has 1 aromatic heterocycles. The first kappa shape index (κ1) is 16.2. The van der Waals surface area contributed by atoms with Gasteiger partial charge in [-0.15, -0.1) is 12.4 Å². The molecule has 0 aromatic carbocycles. The summed E-state index contributed by atoms with van der Waals surface area (Å²) in [7, 11) is 0. The van der Waals surface area contributed by atoms with Crippen molar-refractivity contribution >= 4 is 29.9 Å². The highest BCUT2D eigenvalue weighted by Gasteiger charge is 2.40. The fraction of sp³-hybridized carbons (Fsp3) is 0.462. The van der Waals surface area contributed by atoms with Gasteiger partial charge in [-0.1, -0.05) is 0 Å². The fourth-order valence-corrected chi connectivity index (χ4v) is 2.13. The van der Waals surface area contributed by atoms with Crippen molar-refractivity contribution in [2.75, 3.05) is 18.8 Å². The van der Waals surface area contributed by atoms with Crippen molar-refractivity contribution in [2.24, 2.45) is 0 Å². The summed E-state index contributed by atoms with van der Waals surface area (Å²) >= 11 is 0. The second-order valence-electron chi connectivity index (χ2n) is 5.12. The van der Waals surface area contributed by atoms with E-state index in [0.29, 0.717) is 24.5 Å². The molecule has 0 radical (unpaired) electrons. The van der Waals surface area contributed by atoms with Gasteiger partial charge in [-0.05, 0) is 26.0 Å². The molecule has 20 heavy (non-hydrogen) atoms. The first-order chi connectivity index (χ1) is 8.91. The number of aromatic nitrogens is 1. The molecule has 1 aromatic rings. The normalized spacial score (nSPS) is 17.1. The van der Waals surface area contributed by atoms with E-state index in [0.717, 1.165) is 0 Å². The molecule has 110 valence electrons. The number of piperazine rings is 1. The van der Waals surface area contributed by atoms with Crippen molar-refractivity contribution in [3.05, 3.63) is 24.0 Å². The number of nitrogen functional groups attached to an aromatic ring is 1. The van der Waals surface area contributed by atoms with Gasteiger partial charge in [0.1, 0.15) is 5.54 Å². The van der Waals surface area contributed by atoms with Crippen LogP contribution >= 0.6 is 12.4 Å². The Labute approximate surface area is 124 Å². The van der Waals surface area contributed by atoms with E-state index >= 15 is 0 Å². The van der Waals surface area contributed by atoms with Gasteiger partial charge in [0, 0.05) is 18.8 Å². The number of nitrogens with one attached hydrogen (secondary N) is 1. The molecule has 1 fully saturated rings. The zero-order valence-electron chi connectivity index (χ0n) is 11.5. The maximum atomic E-state index is 12.3. The Balaban J connectivity index is 0.00000200. The molecule has 2 heterocycles. The maximum Gasteiger partial charge on any atom is 0.245 e. The first-order valence-corrected chi connectivity index (χ1v) is 6.20. The smallest absolute Gasteiger partial charge is 0.245 e. The molecule has 1 saturated heterocycles. The molecule has 1 aliphatic rings. The van der Waals surface area contributed by atoms with Gasteiger partial charge in [-0.2, -0.15) is 0 Å². The monoisotopic (exact) mass is 298 g/mol. The van der Waals surface area contributed by atoms with Crippen molar-refractivity contribution in [3.8, 4) is 0 Å². The molecule has 2 rings (SSSR count). The Bertz CT molecular complexity index is 502. The number of hydrogen-bond acceptors (Lipinski definition) is 4. The Kier molecular flexibility index (Phi) is 4.94. The molecule has 3 N–H and O–H groups in total. The SMILES string of the molecule is CC1(C)C(=O)NCCN1C(=O)Cc1ccc(N)cn1.Cl. The third-order valence-electron chi connectivity index (χ3n) is 3.33. The van der Waals surface area contributed by atoms with Gasteiger partial charge in [0.25, 0.3) is 0 Å². The number of halogens is 1. The van der Waals surface area contributed by atoms with E-state index in [9.17, 15) is 9.59 Å². The lowest BCUT2D eigenvalue weighted by Gasteiger charge is -2.41. The lowest BCUT2D eigenvalue weighted by molar-refractivity contribution is -0.148. The van der Waals surface area contributed by atoms with Crippen LogP contribution in [-0.2, 0) is 16.0 Å². The van der Waals surface area contributed by atoms with Crippen LogP contribution in [0.2, 0.25) is 0 Å². The summed E-state index contributed by atoms with van der Waals surface area (Å²) in [5, 5.41) is 2.76. The lowest BCUT2D eigenvalue weighted by atomic mass is 9.98. The summed E-state index contributed by atoms with van der Waals surface area (Å²) in [5.41, 5.74) is 5.95. The minimum Gasteiger partial charge on any atom is -0.397 e. The molecule has 2 amide bonds. The Morgan fingerprint density at radius 2 is 2.20 bits per heavy atom. The van der Waals surface area contributed by atoms with Crippen molar-refractivity contribution in [2.45, 2.75) is 25.8 Å². The van der Waals surface area contributed by atoms with E-state index < -0.39 is 5.54 Å². The van der Waals surface area contributed by atoms with Crippen LogP contribution in [0.1, 0.15) is 19.5 Å². The largest absolute Gasteiger partial charge is 0.397 e. The number of rotatable bonds is 2. The number of carbonyl (C=O) groups excluding carboxylic acids is 2. The van der Waals surface area contributed by atoms with Crippen LogP contribution in [0, 0.1) is 0 Å². The van der Waals surface area contributed by atoms with Crippen LogP contribution in [0.25, 0.3) is 0 Å². The van der Waals surface area contributed by atoms with Crippen LogP contribution in [0.3, 0.4) is 0 Å². The summed E-state index contributed by atoms with van der Waals surface area (Å²) in [4.78, 5) is 29.8. The van der Waals surface area contributed by atoms with Gasteiger partial charge in [-0.25, -0.2) is 0 Å². The summed E-state index contributed by atoms with van der Waals surface area (Å²) in [6.45, 7) is 4.50. The third-order valence-corrected chi connectivity index (χ3v) is 3.33. The van der Waals surface area contributed by atoms with Gasteiger partial charge in [0.2, 0.25) is 11.8 Å². The minimum atomic E-state index is -0.816. The summed E-state index contributed by atoms with van der Waals surface area (Å²) in [6.07, 6.45) is 1.70. The van der Waals surface area contributed by atoms with Crippen LogP contribution in [0.4, 0.5) is 5.69 Å². The number of anilines is 1. The number of hydrogen-bond donors (Lipinski definition) is 2. The predicted octanol–water partition coefficient (Wildman–Crippen LogP) is 0.365. The molecule has 7 heteroatoms. The summed E-state index contributed by atoms with van der Waals surface area (Å²) < 4.78 is 0. The number of pyridine rings is 1. The Morgan fingerprint density at radius 3 is 2.80 bits per heavy atom. The fourth-order valence-electron chi connectivity index (χ4n) is 2.13. The molecule has 1 aliphatic heterocycles. The molecular formula is C13H19ClN4O2. The maximum absolute atomic E-state index is 12.3. The quantitative estimate of drug-likeness (QED) is 0.825. The van der Waals surface area contributed by atoms with Crippen LogP contribution in [0.15, 0.2) is 18.3 Å². The molecule has 0 saturated carbocycles. The highest BCUT2D eigenvalue weighted by Crippen LogP contribution is 2.19. The number of nitrogens with zero attached hydrogens (tertiary/aromatic N) is 2. The van der Waals surface area contributed by atoms with E-state index in [-0.39, 0.29) is 30.6 Å². The Hall–Kier alpha value is -1.82. The lowest BCUT2D eigenvalue weighted by Crippen LogP contribution is -2.63. The highest BCUT2D eigenvalue weighted by atomic mass is 35.5. The molecule has 0 atom stereocenters. The average Bonchev–Trinajstić information content (AvgIpc) is 2.35. The molecular weight excluding hydrogens is 280 g/mol. The van der Waals surface area contributed by atoms with Crippen LogP contribution in [0.5, 0.6) is 0 Å². The van der Waals surface area contributed by atoms with E-state index in [1.165, 1.54) is 6.20 Å². The van der Waals surface area contributed by atoms with Crippen molar-refractivity contribution < 1.29 is 9.59 Å². The predicted molar refractivity (Wildman–Crippen MR) is 78.4 cm³/mol. The molecule has 0 aliphatic carbocycles. The molecule has 0 bridgehead atoms. The van der Waals surface area contributed by atoms with E-state index in [2.05, 4.69) is 10.3 Å². The van der Waals surface area contributed by atoms with Crippen molar-refractivity contribution in [3.63, 3.8) is 0 Å². The van der Waals surface area contributed by atoms with Crippen molar-refractivity contribution in [1.82, 2.24) is 15.2 Å². The minimum absolute atomic E-state index is 0. The highest BCUT2D eigenvalue weighted by molar-refractivity contribution is 5.92. The second kappa shape index (κ2) is 6.09. The molecule has 6 nitrogen and oxygen atoms in total. The molecule has 0 unspecified atom stereocenters. The zero-order chi connectivity index (χ0) is 14.0. The van der Waals surface area contributed by atoms with E-state index in [1.54, 1.807) is 30.9 Å². The second-order valence-corrected chi connectivity index (χ2v) is 5.12. The number of carbonyl (C=O) groups is 2. The topological polar surface area (TPSA) is 88.3 Å². The van der Waals surface area contributed by atoms with Crippen LogP contribution < -0.4 is 11.1 Å². The Morgan fingerprint density at radius 1 is 1.50 bits per heavy atom. The average molecular weight is 299 g/mol. The third kappa shape index (κ3) is 3.19. The zero-order valence-corrected chi connectivity index (χ0v) is 12.4. The van der Waals surface area contributed by atoms with Crippen molar-refractivity contribution in [1.29, 1.82) is 0 Å². The van der Waals surface area contributed by atoms with Gasteiger partial charge in [0.05, 0.1) is 18.3 Å². The summed E-state index contributed by atoms with van der Waals surface area (Å²) in [6, 6.07) is 3.44. The molecule has 0 spiro atoms. The van der Waals surface area contributed by atoms with E-state index in [4.69, 9.17) is 5.73 Å².